The normalized spacial score (nSPS) is 9.70. The number of pyridine rings is 1. The van der Waals surface area contributed by atoms with E-state index in [1.807, 2.05) is 12.1 Å². The molecule has 0 spiro atoms. The molecule has 0 unspecified atom stereocenters. The van der Waals surface area contributed by atoms with E-state index in [1.54, 1.807) is 12.4 Å². The Morgan fingerprint density at radius 2 is 2.00 bits per heavy atom. The fraction of sp³-hybridized carbons (Fsp3) is 0.375. The summed E-state index contributed by atoms with van der Waals surface area (Å²) < 4.78 is 0. The Morgan fingerprint density at radius 3 is 2.60 bits per heavy atom. The number of hydrogen-bond acceptors (Lipinski definition) is 1. The number of aromatic nitrogens is 1. The van der Waals surface area contributed by atoms with Gasteiger partial charge in [0.05, 0.1) is 6.61 Å². The smallest absolute Gasteiger partial charge is 0.0825 e. The van der Waals surface area contributed by atoms with Crippen LogP contribution in [0.4, 0.5) is 0 Å². The van der Waals surface area contributed by atoms with Gasteiger partial charge in [0.1, 0.15) is 0 Å². The molecule has 10 heavy (non-hydrogen) atoms. The van der Waals surface area contributed by atoms with Crippen LogP contribution in [-0.4, -0.2) is 11.6 Å². The van der Waals surface area contributed by atoms with E-state index < -0.39 is 0 Å². The fourth-order valence-corrected chi connectivity index (χ4v) is 0.826. The van der Waals surface area contributed by atoms with Crippen molar-refractivity contribution in [3.8, 4) is 0 Å². The van der Waals surface area contributed by atoms with E-state index in [1.165, 1.54) is 5.56 Å². The standard InChI is InChI=1S/C8H10NO/c10-7-1-2-8-3-5-9-6-4-8/h3-6H,1-2,7H2. The third-order valence-corrected chi connectivity index (χ3v) is 1.36. The van der Waals surface area contributed by atoms with E-state index in [4.69, 9.17) is 0 Å². The van der Waals surface area contributed by atoms with Crippen molar-refractivity contribution < 1.29 is 5.11 Å². The Bertz CT molecular complexity index is 174. The van der Waals surface area contributed by atoms with Gasteiger partial charge in [0, 0.05) is 12.4 Å². The van der Waals surface area contributed by atoms with E-state index in [0.717, 1.165) is 12.8 Å². The minimum Gasteiger partial charge on any atom is -0.265 e. The van der Waals surface area contributed by atoms with E-state index in [9.17, 15) is 5.11 Å². The Morgan fingerprint density at radius 1 is 1.30 bits per heavy atom. The lowest BCUT2D eigenvalue weighted by molar-refractivity contribution is 0.189. The van der Waals surface area contributed by atoms with Gasteiger partial charge < -0.3 is 0 Å². The van der Waals surface area contributed by atoms with Gasteiger partial charge in [0.2, 0.25) is 0 Å². The van der Waals surface area contributed by atoms with Crippen LogP contribution in [0.1, 0.15) is 12.0 Å². The molecule has 0 bridgehead atoms. The largest absolute Gasteiger partial charge is 0.265 e. The summed E-state index contributed by atoms with van der Waals surface area (Å²) in [5.74, 6) is 0. The summed E-state index contributed by atoms with van der Waals surface area (Å²) in [4.78, 5) is 3.88. The molecule has 53 valence electrons. The zero-order valence-corrected chi connectivity index (χ0v) is 5.79. The van der Waals surface area contributed by atoms with Crippen LogP contribution in [0.5, 0.6) is 0 Å². The fourth-order valence-electron chi connectivity index (χ4n) is 0.826. The van der Waals surface area contributed by atoms with Crippen molar-refractivity contribution in [3.63, 3.8) is 0 Å². The summed E-state index contributed by atoms with van der Waals surface area (Å²) in [6.45, 7) is 0.0162. The average Bonchev–Trinajstić information content (AvgIpc) is 2.03. The lowest BCUT2D eigenvalue weighted by Gasteiger charge is -1.94. The minimum absolute atomic E-state index is 0.0162. The van der Waals surface area contributed by atoms with Gasteiger partial charge in [-0.25, -0.2) is 5.11 Å². The van der Waals surface area contributed by atoms with Crippen LogP contribution in [-0.2, 0) is 11.5 Å². The summed E-state index contributed by atoms with van der Waals surface area (Å²) in [5, 5.41) is 10.1. The lowest BCUT2D eigenvalue weighted by atomic mass is 10.1. The molecule has 0 fully saturated rings. The molecule has 1 aromatic rings. The second kappa shape index (κ2) is 4.01. The Labute approximate surface area is 60.5 Å². The van der Waals surface area contributed by atoms with Gasteiger partial charge in [-0.2, -0.15) is 0 Å². The summed E-state index contributed by atoms with van der Waals surface area (Å²) in [5.41, 5.74) is 1.20. The molecule has 0 aliphatic heterocycles. The third kappa shape index (κ3) is 2.15. The molecule has 0 amide bonds. The molecule has 0 aliphatic rings. The van der Waals surface area contributed by atoms with Crippen LogP contribution < -0.4 is 0 Å². The van der Waals surface area contributed by atoms with Crippen molar-refractivity contribution >= 4 is 0 Å². The first-order chi connectivity index (χ1) is 4.93. The zero-order chi connectivity index (χ0) is 7.23. The Balaban J connectivity index is 2.43. The molecular formula is C8H10NO. The van der Waals surface area contributed by atoms with Crippen LogP contribution in [0.15, 0.2) is 24.5 Å². The topological polar surface area (TPSA) is 32.8 Å². The maximum Gasteiger partial charge on any atom is 0.0825 e. The van der Waals surface area contributed by atoms with Crippen LogP contribution >= 0.6 is 0 Å². The van der Waals surface area contributed by atoms with Crippen LogP contribution in [0.3, 0.4) is 0 Å². The maximum absolute atomic E-state index is 10.1. The Hall–Kier alpha value is -0.890. The van der Waals surface area contributed by atoms with Gasteiger partial charge in [-0.3, -0.25) is 4.98 Å². The first-order valence-electron chi connectivity index (χ1n) is 3.40. The average molecular weight is 136 g/mol. The zero-order valence-electron chi connectivity index (χ0n) is 5.79. The van der Waals surface area contributed by atoms with Gasteiger partial charge in [-0.1, -0.05) is 0 Å². The molecule has 0 saturated carbocycles. The molecule has 1 radical (unpaired) electrons. The quantitative estimate of drug-likeness (QED) is 0.619. The predicted molar refractivity (Wildman–Crippen MR) is 38.1 cm³/mol. The monoisotopic (exact) mass is 136 g/mol. The number of rotatable bonds is 3. The summed E-state index contributed by atoms with van der Waals surface area (Å²) >= 11 is 0. The molecule has 2 nitrogen and oxygen atoms in total. The van der Waals surface area contributed by atoms with Crippen LogP contribution in [0, 0.1) is 0 Å². The van der Waals surface area contributed by atoms with Crippen molar-refractivity contribution in [2.75, 3.05) is 6.61 Å². The SMILES string of the molecule is [O]CCCc1ccncc1. The highest BCUT2D eigenvalue weighted by Crippen LogP contribution is 1.99. The summed E-state index contributed by atoms with van der Waals surface area (Å²) in [6, 6.07) is 3.88. The molecular weight excluding hydrogens is 126 g/mol. The van der Waals surface area contributed by atoms with E-state index in [0.29, 0.717) is 0 Å². The van der Waals surface area contributed by atoms with Gasteiger partial charge >= 0.3 is 0 Å². The molecule has 0 atom stereocenters. The van der Waals surface area contributed by atoms with Gasteiger partial charge in [0.25, 0.3) is 0 Å². The van der Waals surface area contributed by atoms with Crippen LogP contribution in [0.25, 0.3) is 0 Å². The Kier molecular flexibility index (Phi) is 2.90. The predicted octanol–water partition coefficient (Wildman–Crippen LogP) is 1.44. The number of nitrogens with zero attached hydrogens (tertiary/aromatic N) is 1. The highest BCUT2D eigenvalue weighted by molar-refractivity contribution is 5.09. The summed E-state index contributed by atoms with van der Waals surface area (Å²) in [6.07, 6.45) is 5.11. The molecule has 0 aromatic carbocycles. The van der Waals surface area contributed by atoms with Crippen molar-refractivity contribution in [1.29, 1.82) is 0 Å². The molecule has 1 aromatic heterocycles. The van der Waals surface area contributed by atoms with Crippen molar-refractivity contribution in [3.05, 3.63) is 30.1 Å². The third-order valence-electron chi connectivity index (χ3n) is 1.36. The number of hydrogen-bond donors (Lipinski definition) is 0. The summed E-state index contributed by atoms with van der Waals surface area (Å²) in [7, 11) is 0. The van der Waals surface area contributed by atoms with Crippen molar-refractivity contribution in [1.82, 2.24) is 4.98 Å². The van der Waals surface area contributed by atoms with Gasteiger partial charge in [-0.05, 0) is 30.5 Å². The first kappa shape index (κ1) is 7.22. The van der Waals surface area contributed by atoms with Gasteiger partial charge in [-0.15, -0.1) is 0 Å². The second-order valence-electron chi connectivity index (χ2n) is 2.16. The van der Waals surface area contributed by atoms with Crippen molar-refractivity contribution in [2.24, 2.45) is 0 Å². The lowest BCUT2D eigenvalue weighted by Crippen LogP contribution is -1.87. The van der Waals surface area contributed by atoms with Crippen molar-refractivity contribution in [2.45, 2.75) is 12.8 Å². The minimum atomic E-state index is 0.0162. The van der Waals surface area contributed by atoms with Gasteiger partial charge in [0.15, 0.2) is 0 Å². The van der Waals surface area contributed by atoms with Crippen LogP contribution in [0.2, 0.25) is 0 Å². The molecule has 2 heteroatoms. The van der Waals surface area contributed by atoms with E-state index >= 15 is 0 Å². The highest BCUT2D eigenvalue weighted by atomic mass is 16.2. The molecule has 1 rings (SSSR count). The number of aryl methyl sites for hydroxylation is 1. The molecule has 0 N–H and O–H groups in total. The van der Waals surface area contributed by atoms with E-state index in [2.05, 4.69) is 4.98 Å². The first-order valence-corrected chi connectivity index (χ1v) is 3.40. The molecule has 1 heterocycles. The highest BCUT2D eigenvalue weighted by Gasteiger charge is 1.89. The molecule has 0 saturated heterocycles. The second-order valence-corrected chi connectivity index (χ2v) is 2.16. The van der Waals surface area contributed by atoms with E-state index in [-0.39, 0.29) is 6.61 Å². The molecule has 0 aliphatic carbocycles. The maximum atomic E-state index is 10.1.